The monoisotopic (exact) mass is 337 g/mol. The highest BCUT2D eigenvalue weighted by Gasteiger charge is 2.35. The van der Waals surface area contributed by atoms with E-state index in [-0.39, 0.29) is 24.0 Å². The maximum absolute atomic E-state index is 13.8. The first-order valence-electron chi connectivity index (χ1n) is 7.57. The van der Waals surface area contributed by atoms with Crippen LogP contribution in [0.1, 0.15) is 20.3 Å². The van der Waals surface area contributed by atoms with Gasteiger partial charge >= 0.3 is 5.97 Å². The van der Waals surface area contributed by atoms with Crippen LogP contribution >= 0.6 is 0 Å². The average Bonchev–Trinajstić information content (AvgIpc) is 2.89. The highest BCUT2D eigenvalue weighted by atomic mass is 19.1. The minimum atomic E-state index is -0.906. The van der Waals surface area contributed by atoms with E-state index in [1.165, 1.54) is 36.3 Å². The number of halogens is 1. The normalized spacial score (nSPS) is 15.5. The second kappa shape index (κ2) is 7.33. The molecule has 0 radical (unpaired) electrons. The van der Waals surface area contributed by atoms with E-state index in [4.69, 9.17) is 9.47 Å². The molecule has 0 aliphatic carbocycles. The number of methoxy groups -OCH3 is 1. The molecule has 1 aromatic rings. The minimum Gasteiger partial charge on any atom is -0.505 e. The summed E-state index contributed by atoms with van der Waals surface area (Å²) >= 11 is 0. The molecule has 0 saturated heterocycles. The van der Waals surface area contributed by atoms with Gasteiger partial charge in [-0.25, -0.2) is 4.79 Å². The Labute approximate surface area is 139 Å². The highest BCUT2D eigenvalue weighted by molar-refractivity contribution is 5.94. The molecule has 6 nitrogen and oxygen atoms in total. The van der Waals surface area contributed by atoms with Gasteiger partial charge in [-0.3, -0.25) is 4.79 Å². The van der Waals surface area contributed by atoms with Crippen LogP contribution in [-0.2, 0) is 14.3 Å². The number of hydrogen-bond acceptors (Lipinski definition) is 5. The third kappa shape index (κ3) is 3.84. The van der Waals surface area contributed by atoms with Crippen LogP contribution in [0.5, 0.6) is 11.5 Å². The van der Waals surface area contributed by atoms with Crippen LogP contribution in [0.2, 0.25) is 0 Å². The van der Waals surface area contributed by atoms with Crippen LogP contribution in [-0.4, -0.2) is 41.6 Å². The van der Waals surface area contributed by atoms with Gasteiger partial charge in [0.25, 0.3) is 5.91 Å². The zero-order chi connectivity index (χ0) is 17.9. The third-order valence-electron chi connectivity index (χ3n) is 3.62. The fraction of sp³-hybridized carbons (Fsp3) is 0.412. The van der Waals surface area contributed by atoms with Crippen molar-refractivity contribution in [2.75, 3.05) is 13.7 Å². The lowest BCUT2D eigenvalue weighted by atomic mass is 10.0. The molecule has 1 aromatic carbocycles. The molecule has 1 amide bonds. The number of carbonyl (C=O) groups is 2. The Bertz CT molecular complexity index is 671. The molecule has 1 unspecified atom stereocenters. The van der Waals surface area contributed by atoms with Crippen LogP contribution in [0, 0.1) is 11.7 Å². The number of benzene rings is 1. The largest absolute Gasteiger partial charge is 0.505 e. The van der Waals surface area contributed by atoms with Crippen LogP contribution in [0.15, 0.2) is 30.0 Å². The maximum atomic E-state index is 13.8. The molecule has 130 valence electrons. The van der Waals surface area contributed by atoms with Crippen molar-refractivity contribution in [3.05, 3.63) is 35.9 Å². The number of nitrogens with zero attached hydrogens (tertiary/aromatic N) is 1. The van der Waals surface area contributed by atoms with Crippen molar-refractivity contribution in [2.45, 2.75) is 26.3 Å². The summed E-state index contributed by atoms with van der Waals surface area (Å²) in [5.74, 6) is -2.17. The minimum absolute atomic E-state index is 0.0282. The Hall–Kier alpha value is -2.57. The lowest BCUT2D eigenvalue weighted by molar-refractivity contribution is -0.151. The molecular formula is C17H20FNO5. The third-order valence-corrected chi connectivity index (χ3v) is 3.62. The molecule has 0 fully saturated rings. The summed E-state index contributed by atoms with van der Waals surface area (Å²) in [7, 11) is 1.27. The molecule has 2 rings (SSSR count). The second-order valence-corrected chi connectivity index (χ2v) is 5.94. The number of phenols is 1. The van der Waals surface area contributed by atoms with Crippen LogP contribution < -0.4 is 4.74 Å². The van der Waals surface area contributed by atoms with Crippen molar-refractivity contribution in [3.8, 4) is 11.5 Å². The summed E-state index contributed by atoms with van der Waals surface area (Å²) in [6, 6.07) is 3.24. The number of hydrogen-bond donors (Lipinski definition) is 1. The van der Waals surface area contributed by atoms with E-state index in [2.05, 4.69) is 0 Å². The molecule has 0 spiro atoms. The first-order valence-corrected chi connectivity index (χ1v) is 7.57. The van der Waals surface area contributed by atoms with Gasteiger partial charge in [0.1, 0.15) is 11.8 Å². The van der Waals surface area contributed by atoms with Crippen molar-refractivity contribution in [1.29, 1.82) is 0 Å². The first kappa shape index (κ1) is 17.8. The standard InChI is InChI=1S/C17H20FNO5/c1-10(2)7-12(17(22)23-3)19-9-11(8-15(19)21)24-14-6-4-5-13(20)16(14)18/h4-6,8,10,12,20H,7,9H2,1-3H3. The number of aromatic hydroxyl groups is 1. The predicted molar refractivity (Wildman–Crippen MR) is 83.7 cm³/mol. The van der Waals surface area contributed by atoms with E-state index in [0.717, 1.165) is 0 Å². The molecule has 1 aliphatic rings. The molecule has 1 aliphatic heterocycles. The number of carbonyl (C=O) groups excluding carboxylic acids is 2. The SMILES string of the molecule is COC(=O)C(CC(C)C)N1CC(Oc2cccc(O)c2F)=CC1=O. The zero-order valence-corrected chi connectivity index (χ0v) is 13.8. The number of phenolic OH excluding ortho intramolecular Hbond substituents is 1. The molecule has 0 bridgehead atoms. The number of rotatable bonds is 6. The number of amides is 1. The fourth-order valence-corrected chi connectivity index (χ4v) is 2.49. The topological polar surface area (TPSA) is 76.1 Å². The van der Waals surface area contributed by atoms with Gasteiger partial charge in [-0.05, 0) is 24.5 Å². The maximum Gasteiger partial charge on any atom is 0.328 e. The lowest BCUT2D eigenvalue weighted by Crippen LogP contribution is -2.44. The van der Waals surface area contributed by atoms with E-state index >= 15 is 0 Å². The van der Waals surface area contributed by atoms with Gasteiger partial charge < -0.3 is 19.5 Å². The van der Waals surface area contributed by atoms with Gasteiger partial charge in [0.2, 0.25) is 5.82 Å². The van der Waals surface area contributed by atoms with E-state index in [1.54, 1.807) is 0 Å². The van der Waals surface area contributed by atoms with Gasteiger partial charge in [0, 0.05) is 6.08 Å². The quantitative estimate of drug-likeness (QED) is 0.806. The molecule has 1 N–H and O–H groups in total. The first-order chi connectivity index (χ1) is 11.3. The smallest absolute Gasteiger partial charge is 0.328 e. The zero-order valence-electron chi connectivity index (χ0n) is 13.8. The summed E-state index contributed by atoms with van der Waals surface area (Å²) in [6.07, 6.45) is 1.65. The van der Waals surface area contributed by atoms with Crippen molar-refractivity contribution in [3.63, 3.8) is 0 Å². The van der Waals surface area contributed by atoms with Crippen molar-refractivity contribution in [1.82, 2.24) is 4.90 Å². The average molecular weight is 337 g/mol. The second-order valence-electron chi connectivity index (χ2n) is 5.94. The molecule has 1 heterocycles. The van der Waals surface area contributed by atoms with E-state index in [9.17, 15) is 19.1 Å². The van der Waals surface area contributed by atoms with Gasteiger partial charge in [-0.2, -0.15) is 4.39 Å². The van der Waals surface area contributed by atoms with Crippen LogP contribution in [0.25, 0.3) is 0 Å². The Morgan fingerprint density at radius 2 is 2.12 bits per heavy atom. The van der Waals surface area contributed by atoms with Gasteiger partial charge in [-0.15, -0.1) is 0 Å². The highest BCUT2D eigenvalue weighted by Crippen LogP contribution is 2.28. The van der Waals surface area contributed by atoms with Crippen molar-refractivity contribution >= 4 is 11.9 Å². The van der Waals surface area contributed by atoms with E-state index in [0.29, 0.717) is 6.42 Å². The molecule has 24 heavy (non-hydrogen) atoms. The molecule has 0 saturated carbocycles. The summed E-state index contributed by atoms with van der Waals surface area (Å²) in [6.45, 7) is 3.90. The Morgan fingerprint density at radius 1 is 1.42 bits per heavy atom. The molecule has 7 heteroatoms. The number of ether oxygens (including phenoxy) is 2. The molecule has 0 aromatic heterocycles. The van der Waals surface area contributed by atoms with Gasteiger partial charge in [-0.1, -0.05) is 19.9 Å². The molecular weight excluding hydrogens is 317 g/mol. The Balaban J connectivity index is 2.14. The summed E-state index contributed by atoms with van der Waals surface area (Å²) in [5.41, 5.74) is 0. The fourth-order valence-electron chi connectivity index (χ4n) is 2.49. The van der Waals surface area contributed by atoms with Gasteiger partial charge in [0.15, 0.2) is 11.5 Å². The lowest BCUT2D eigenvalue weighted by Gasteiger charge is -2.27. The van der Waals surface area contributed by atoms with E-state index < -0.39 is 29.5 Å². The number of esters is 1. The Morgan fingerprint density at radius 3 is 2.75 bits per heavy atom. The Kier molecular flexibility index (Phi) is 5.43. The van der Waals surface area contributed by atoms with Gasteiger partial charge in [0.05, 0.1) is 13.7 Å². The summed E-state index contributed by atoms with van der Waals surface area (Å²) in [4.78, 5) is 25.5. The summed E-state index contributed by atoms with van der Waals surface area (Å²) < 4.78 is 23.9. The molecule has 1 atom stereocenters. The van der Waals surface area contributed by atoms with Crippen LogP contribution in [0.4, 0.5) is 4.39 Å². The predicted octanol–water partition coefficient (Wildman–Crippen LogP) is 2.22. The van der Waals surface area contributed by atoms with Crippen molar-refractivity contribution < 1.29 is 28.6 Å². The van der Waals surface area contributed by atoms with E-state index in [1.807, 2.05) is 13.8 Å². The summed E-state index contributed by atoms with van der Waals surface area (Å²) in [5, 5.41) is 9.36. The van der Waals surface area contributed by atoms with Crippen molar-refractivity contribution in [2.24, 2.45) is 5.92 Å². The van der Waals surface area contributed by atoms with Crippen LogP contribution in [0.3, 0.4) is 0 Å².